The molecule has 4 heteroatoms. The minimum atomic E-state index is 0.00995. The molecule has 0 bridgehead atoms. The molecule has 2 fully saturated rings. The highest BCUT2D eigenvalue weighted by Crippen LogP contribution is 2.43. The molecule has 1 aliphatic carbocycles. The second kappa shape index (κ2) is 6.79. The van der Waals surface area contributed by atoms with Crippen molar-refractivity contribution in [2.45, 2.75) is 37.8 Å². The molecule has 4 rings (SSSR count). The van der Waals surface area contributed by atoms with Gasteiger partial charge in [0.1, 0.15) is 0 Å². The summed E-state index contributed by atoms with van der Waals surface area (Å²) in [6.07, 6.45) is 4.08. The predicted molar refractivity (Wildman–Crippen MR) is 101 cm³/mol. The number of benzene rings is 2. The highest BCUT2D eigenvalue weighted by atomic mass is 16.2. The number of hydrogen-bond acceptors (Lipinski definition) is 3. The molecular formula is C21H25N3O. The van der Waals surface area contributed by atoms with Crippen molar-refractivity contribution in [1.82, 2.24) is 5.32 Å². The highest BCUT2D eigenvalue weighted by molar-refractivity contribution is 5.80. The van der Waals surface area contributed by atoms with Crippen LogP contribution in [0.1, 0.15) is 37.2 Å². The van der Waals surface area contributed by atoms with Crippen molar-refractivity contribution < 1.29 is 4.79 Å². The first-order valence-electron chi connectivity index (χ1n) is 9.16. The van der Waals surface area contributed by atoms with Gasteiger partial charge in [-0.05, 0) is 67.3 Å². The number of amides is 1. The molecule has 4 atom stereocenters. The lowest BCUT2D eigenvalue weighted by Crippen LogP contribution is -2.53. The van der Waals surface area contributed by atoms with Gasteiger partial charge in [-0.2, -0.15) is 0 Å². The van der Waals surface area contributed by atoms with E-state index in [4.69, 9.17) is 5.73 Å². The maximum atomic E-state index is 12.6. The molecule has 1 amide bonds. The summed E-state index contributed by atoms with van der Waals surface area (Å²) >= 11 is 0. The molecule has 4 nitrogen and oxygen atoms in total. The van der Waals surface area contributed by atoms with Gasteiger partial charge < -0.3 is 16.4 Å². The monoisotopic (exact) mass is 335 g/mol. The van der Waals surface area contributed by atoms with Crippen LogP contribution in [0, 0.1) is 11.8 Å². The number of anilines is 2. The van der Waals surface area contributed by atoms with Gasteiger partial charge in [-0.25, -0.2) is 0 Å². The zero-order valence-electron chi connectivity index (χ0n) is 14.3. The van der Waals surface area contributed by atoms with Crippen LogP contribution >= 0.6 is 0 Å². The molecule has 25 heavy (non-hydrogen) atoms. The fraction of sp³-hybridized carbons (Fsp3) is 0.381. The molecule has 2 aromatic carbocycles. The first-order chi connectivity index (χ1) is 12.2. The van der Waals surface area contributed by atoms with Crippen molar-refractivity contribution in [1.29, 1.82) is 0 Å². The molecule has 130 valence electrons. The molecule has 1 saturated heterocycles. The average Bonchev–Trinajstić information content (AvgIpc) is 2.62. The van der Waals surface area contributed by atoms with E-state index in [-0.39, 0.29) is 18.0 Å². The van der Waals surface area contributed by atoms with E-state index >= 15 is 0 Å². The fourth-order valence-electron chi connectivity index (χ4n) is 4.46. The van der Waals surface area contributed by atoms with Crippen LogP contribution in [-0.4, -0.2) is 12.1 Å². The van der Waals surface area contributed by atoms with Crippen molar-refractivity contribution in [3.8, 4) is 0 Å². The van der Waals surface area contributed by atoms with Crippen molar-refractivity contribution in [3.05, 3.63) is 60.2 Å². The van der Waals surface area contributed by atoms with E-state index < -0.39 is 0 Å². The molecule has 1 saturated carbocycles. The topological polar surface area (TPSA) is 67.2 Å². The van der Waals surface area contributed by atoms with Crippen molar-refractivity contribution in [3.63, 3.8) is 0 Å². The molecule has 2 aliphatic rings. The molecule has 4 unspecified atom stereocenters. The van der Waals surface area contributed by atoms with Crippen LogP contribution in [0.3, 0.4) is 0 Å². The van der Waals surface area contributed by atoms with E-state index in [1.54, 1.807) is 0 Å². The van der Waals surface area contributed by atoms with Crippen LogP contribution in [0.5, 0.6) is 0 Å². The Bertz CT molecular complexity index is 746. The van der Waals surface area contributed by atoms with Crippen LogP contribution in [0.2, 0.25) is 0 Å². The minimum Gasteiger partial charge on any atom is -0.399 e. The molecule has 1 aliphatic heterocycles. The summed E-state index contributed by atoms with van der Waals surface area (Å²) in [6.45, 7) is 0. The predicted octanol–water partition coefficient (Wildman–Crippen LogP) is 3.73. The molecule has 4 N–H and O–H groups in total. The van der Waals surface area contributed by atoms with Gasteiger partial charge in [-0.15, -0.1) is 0 Å². The minimum absolute atomic E-state index is 0.00995. The number of fused-ring (bicyclic) bond motifs is 1. The molecule has 0 radical (unpaired) electrons. The SMILES string of the molecule is Nc1cccc(C2CCC3C(=O)NC(Nc4ccccc4)CC3C2)c1. The number of nitrogens with two attached hydrogens (primary N) is 1. The number of carbonyl (C=O) groups excluding carboxylic acids is 1. The van der Waals surface area contributed by atoms with Gasteiger partial charge in [0, 0.05) is 17.3 Å². The third-order valence-corrected chi connectivity index (χ3v) is 5.67. The first kappa shape index (κ1) is 16.0. The normalized spacial score (nSPS) is 28.7. The Morgan fingerprint density at radius 1 is 1.00 bits per heavy atom. The lowest BCUT2D eigenvalue weighted by molar-refractivity contribution is -0.131. The summed E-state index contributed by atoms with van der Waals surface area (Å²) in [4.78, 5) is 12.6. The summed E-state index contributed by atoms with van der Waals surface area (Å²) in [5, 5.41) is 6.61. The largest absolute Gasteiger partial charge is 0.399 e. The van der Waals surface area contributed by atoms with Crippen LogP contribution < -0.4 is 16.4 Å². The van der Waals surface area contributed by atoms with Gasteiger partial charge in [0.2, 0.25) is 5.91 Å². The zero-order chi connectivity index (χ0) is 17.2. The van der Waals surface area contributed by atoms with E-state index in [1.807, 2.05) is 42.5 Å². The standard InChI is InChI=1S/C21H25N3O/c22-17-6-4-5-14(12-17)15-9-10-19-16(11-15)13-20(24-21(19)25)23-18-7-2-1-3-8-18/h1-8,12,15-16,19-20,23H,9-11,13,22H2,(H,24,25). The maximum Gasteiger partial charge on any atom is 0.224 e. The van der Waals surface area contributed by atoms with Crippen LogP contribution in [-0.2, 0) is 4.79 Å². The Hall–Kier alpha value is -2.49. The van der Waals surface area contributed by atoms with E-state index in [0.29, 0.717) is 11.8 Å². The lowest BCUT2D eigenvalue weighted by Gasteiger charge is -2.42. The molecule has 0 aromatic heterocycles. The van der Waals surface area contributed by atoms with Crippen LogP contribution in [0.25, 0.3) is 0 Å². The average molecular weight is 335 g/mol. The number of rotatable bonds is 3. The third kappa shape index (κ3) is 3.48. The smallest absolute Gasteiger partial charge is 0.224 e. The summed E-state index contributed by atoms with van der Waals surface area (Å²) in [6, 6.07) is 18.3. The number of piperidine rings is 1. The Morgan fingerprint density at radius 3 is 2.64 bits per heavy atom. The Morgan fingerprint density at radius 2 is 1.84 bits per heavy atom. The van der Waals surface area contributed by atoms with Crippen LogP contribution in [0.15, 0.2) is 54.6 Å². The summed E-state index contributed by atoms with van der Waals surface area (Å²) < 4.78 is 0. The van der Waals surface area contributed by atoms with Crippen LogP contribution in [0.4, 0.5) is 11.4 Å². The quantitative estimate of drug-likeness (QED) is 0.749. The molecule has 0 spiro atoms. The number of nitrogen functional groups attached to an aromatic ring is 1. The van der Waals surface area contributed by atoms with E-state index in [0.717, 1.165) is 37.1 Å². The number of para-hydroxylation sites is 1. The van der Waals surface area contributed by atoms with Gasteiger partial charge in [0.15, 0.2) is 0 Å². The van der Waals surface area contributed by atoms with E-state index in [1.165, 1.54) is 5.56 Å². The van der Waals surface area contributed by atoms with Gasteiger partial charge in [0.05, 0.1) is 6.17 Å². The van der Waals surface area contributed by atoms with Crippen molar-refractivity contribution in [2.24, 2.45) is 11.8 Å². The maximum absolute atomic E-state index is 12.6. The van der Waals surface area contributed by atoms with Crippen molar-refractivity contribution >= 4 is 17.3 Å². The molecular weight excluding hydrogens is 310 g/mol. The van der Waals surface area contributed by atoms with E-state index in [9.17, 15) is 4.79 Å². The second-order valence-corrected chi connectivity index (χ2v) is 7.35. The highest BCUT2D eigenvalue weighted by Gasteiger charge is 2.40. The second-order valence-electron chi connectivity index (χ2n) is 7.35. The lowest BCUT2D eigenvalue weighted by atomic mass is 9.68. The van der Waals surface area contributed by atoms with Gasteiger partial charge in [0.25, 0.3) is 0 Å². The Labute approximate surface area is 148 Å². The third-order valence-electron chi connectivity index (χ3n) is 5.67. The van der Waals surface area contributed by atoms with Crippen molar-refractivity contribution in [2.75, 3.05) is 11.1 Å². The van der Waals surface area contributed by atoms with Gasteiger partial charge >= 0.3 is 0 Å². The van der Waals surface area contributed by atoms with Gasteiger partial charge in [-0.3, -0.25) is 4.79 Å². The first-order valence-corrected chi connectivity index (χ1v) is 9.16. The fourth-order valence-corrected chi connectivity index (χ4v) is 4.46. The molecule has 1 heterocycles. The number of carbonyl (C=O) groups is 1. The summed E-state index contributed by atoms with van der Waals surface area (Å²) in [5.74, 6) is 1.30. The van der Waals surface area contributed by atoms with E-state index in [2.05, 4.69) is 22.8 Å². The zero-order valence-corrected chi connectivity index (χ0v) is 14.3. The Balaban J connectivity index is 1.46. The number of hydrogen-bond donors (Lipinski definition) is 3. The van der Waals surface area contributed by atoms with Gasteiger partial charge in [-0.1, -0.05) is 30.3 Å². The molecule has 2 aromatic rings. The Kier molecular flexibility index (Phi) is 4.35. The summed E-state index contributed by atoms with van der Waals surface area (Å²) in [5.41, 5.74) is 9.14. The summed E-state index contributed by atoms with van der Waals surface area (Å²) in [7, 11) is 0. The number of nitrogens with one attached hydrogen (secondary N) is 2.